The van der Waals surface area contributed by atoms with E-state index >= 15 is 0 Å². The predicted molar refractivity (Wildman–Crippen MR) is 82.0 cm³/mol. The third-order valence-corrected chi connectivity index (χ3v) is 3.92. The Morgan fingerprint density at radius 1 is 1.05 bits per heavy atom. The SMILES string of the molecule is CCCCCCCCCOP(=O)(O)Oc1ccccc1.[H-].[Na+]. The van der Waals surface area contributed by atoms with Gasteiger partial charge in [-0.1, -0.05) is 63.6 Å². The standard InChI is InChI=1S/C15H25O4P.Na.H/c1-2-3-4-5-6-7-11-14-18-20(16,17)19-15-12-9-8-10-13-15;;/h8-10,12-13H,2-7,11,14H2,1H3,(H,16,17);;/q;+1;-1. The van der Waals surface area contributed by atoms with E-state index in [1.807, 2.05) is 6.07 Å². The van der Waals surface area contributed by atoms with Gasteiger partial charge in [-0.25, -0.2) is 4.57 Å². The fourth-order valence-corrected chi connectivity index (χ4v) is 2.68. The number of rotatable bonds is 11. The summed E-state index contributed by atoms with van der Waals surface area (Å²) in [5.41, 5.74) is 0. The monoisotopic (exact) mass is 324 g/mol. The molecule has 0 amide bonds. The maximum atomic E-state index is 11.7. The predicted octanol–water partition coefficient (Wildman–Crippen LogP) is 2.05. The van der Waals surface area contributed by atoms with Gasteiger partial charge in [0.05, 0.1) is 6.61 Å². The van der Waals surface area contributed by atoms with Crippen LogP contribution in [0, 0.1) is 0 Å². The van der Waals surface area contributed by atoms with Gasteiger partial charge in [0.1, 0.15) is 5.75 Å². The molecular weight excluding hydrogens is 298 g/mol. The molecular formula is C15H26NaO4P. The van der Waals surface area contributed by atoms with E-state index in [4.69, 9.17) is 9.05 Å². The summed E-state index contributed by atoms with van der Waals surface area (Å²) in [7, 11) is -3.98. The largest absolute Gasteiger partial charge is 1.00 e. The smallest absolute Gasteiger partial charge is 1.00 e. The van der Waals surface area contributed by atoms with Crippen molar-refractivity contribution < 1.29 is 49.5 Å². The second kappa shape index (κ2) is 12.7. The van der Waals surface area contributed by atoms with E-state index in [0.717, 1.165) is 19.3 Å². The summed E-state index contributed by atoms with van der Waals surface area (Å²) in [4.78, 5) is 9.55. The van der Waals surface area contributed by atoms with Crippen molar-refractivity contribution in [3.05, 3.63) is 30.3 Å². The van der Waals surface area contributed by atoms with Crippen LogP contribution in [0.15, 0.2) is 30.3 Å². The average Bonchev–Trinajstić information content (AvgIpc) is 2.42. The van der Waals surface area contributed by atoms with Crippen LogP contribution in [-0.2, 0) is 9.09 Å². The molecule has 4 nitrogen and oxygen atoms in total. The van der Waals surface area contributed by atoms with Crippen molar-refractivity contribution in [3.63, 3.8) is 0 Å². The Labute approximate surface area is 151 Å². The Kier molecular flexibility index (Phi) is 12.8. The molecule has 0 spiro atoms. The van der Waals surface area contributed by atoms with Crippen molar-refractivity contribution in [1.29, 1.82) is 0 Å². The number of phosphoric ester groups is 1. The third kappa shape index (κ3) is 11.4. The van der Waals surface area contributed by atoms with Crippen LogP contribution in [0.1, 0.15) is 53.3 Å². The molecule has 0 bridgehead atoms. The van der Waals surface area contributed by atoms with E-state index in [9.17, 15) is 9.46 Å². The molecule has 1 atom stereocenters. The molecule has 6 heteroatoms. The second-order valence-electron chi connectivity index (χ2n) is 4.83. The van der Waals surface area contributed by atoms with Crippen LogP contribution in [-0.4, -0.2) is 11.5 Å². The zero-order chi connectivity index (χ0) is 14.7. The van der Waals surface area contributed by atoms with Gasteiger partial charge in [-0.05, 0) is 18.6 Å². The fourth-order valence-electron chi connectivity index (χ4n) is 1.88. The van der Waals surface area contributed by atoms with Crippen molar-refractivity contribution in [2.45, 2.75) is 51.9 Å². The van der Waals surface area contributed by atoms with Gasteiger partial charge in [-0.3, -0.25) is 9.42 Å². The van der Waals surface area contributed by atoms with E-state index in [0.29, 0.717) is 5.75 Å². The van der Waals surface area contributed by atoms with Gasteiger partial charge in [-0.2, -0.15) is 0 Å². The van der Waals surface area contributed by atoms with Crippen LogP contribution in [0.25, 0.3) is 0 Å². The Balaban J connectivity index is 0. The van der Waals surface area contributed by atoms with Gasteiger partial charge in [-0.15, -0.1) is 0 Å². The van der Waals surface area contributed by atoms with Gasteiger partial charge in [0.2, 0.25) is 0 Å². The molecule has 1 rings (SSSR count). The summed E-state index contributed by atoms with van der Waals surface area (Å²) >= 11 is 0. The average molecular weight is 324 g/mol. The molecule has 1 aromatic carbocycles. The summed E-state index contributed by atoms with van der Waals surface area (Å²) in [5.74, 6) is 0.345. The minimum Gasteiger partial charge on any atom is -1.00 e. The van der Waals surface area contributed by atoms with E-state index in [1.165, 1.54) is 25.7 Å². The van der Waals surface area contributed by atoms with Gasteiger partial charge in [0, 0.05) is 0 Å². The van der Waals surface area contributed by atoms with E-state index in [1.54, 1.807) is 24.3 Å². The molecule has 0 aliphatic heterocycles. The number of para-hydroxylation sites is 1. The minimum absolute atomic E-state index is 0. The normalized spacial score (nSPS) is 13.2. The van der Waals surface area contributed by atoms with E-state index in [-0.39, 0.29) is 37.6 Å². The second-order valence-corrected chi connectivity index (χ2v) is 6.21. The van der Waals surface area contributed by atoms with Crippen LogP contribution < -0.4 is 34.1 Å². The van der Waals surface area contributed by atoms with Crippen LogP contribution in [0.2, 0.25) is 0 Å². The molecule has 0 aliphatic rings. The van der Waals surface area contributed by atoms with Gasteiger partial charge in [0.25, 0.3) is 0 Å². The Bertz CT molecular complexity index is 406. The number of hydrogen-bond donors (Lipinski definition) is 1. The first-order valence-electron chi connectivity index (χ1n) is 7.36. The Morgan fingerprint density at radius 2 is 1.62 bits per heavy atom. The molecule has 0 radical (unpaired) electrons. The first-order chi connectivity index (χ1) is 9.64. The zero-order valence-electron chi connectivity index (χ0n) is 14.2. The molecule has 0 aliphatic carbocycles. The summed E-state index contributed by atoms with van der Waals surface area (Å²) in [5, 5.41) is 0. The molecule has 116 valence electrons. The first kappa shape index (κ1) is 21.2. The van der Waals surface area contributed by atoms with Crippen molar-refractivity contribution in [2.75, 3.05) is 6.61 Å². The minimum atomic E-state index is -3.98. The van der Waals surface area contributed by atoms with Crippen LogP contribution in [0.5, 0.6) is 5.75 Å². The Morgan fingerprint density at radius 3 is 2.24 bits per heavy atom. The van der Waals surface area contributed by atoms with Crippen LogP contribution in [0.4, 0.5) is 0 Å². The van der Waals surface area contributed by atoms with Crippen molar-refractivity contribution in [1.82, 2.24) is 0 Å². The summed E-state index contributed by atoms with van der Waals surface area (Å²) < 4.78 is 21.6. The quantitative estimate of drug-likeness (QED) is 0.384. The molecule has 1 unspecified atom stereocenters. The van der Waals surface area contributed by atoms with Crippen LogP contribution >= 0.6 is 7.82 Å². The van der Waals surface area contributed by atoms with Gasteiger partial charge < -0.3 is 5.95 Å². The topological polar surface area (TPSA) is 55.8 Å². The summed E-state index contributed by atoms with van der Waals surface area (Å²) in [6.07, 6.45) is 7.99. The molecule has 0 heterocycles. The molecule has 21 heavy (non-hydrogen) atoms. The van der Waals surface area contributed by atoms with E-state index in [2.05, 4.69) is 6.92 Å². The molecule has 0 saturated heterocycles. The van der Waals surface area contributed by atoms with Crippen molar-refractivity contribution in [2.24, 2.45) is 0 Å². The molecule has 1 N–H and O–H groups in total. The maximum Gasteiger partial charge on any atom is 1.00 e. The van der Waals surface area contributed by atoms with Crippen molar-refractivity contribution in [3.8, 4) is 5.75 Å². The van der Waals surface area contributed by atoms with Crippen molar-refractivity contribution >= 4 is 7.82 Å². The third-order valence-electron chi connectivity index (χ3n) is 2.97. The number of hydrogen-bond acceptors (Lipinski definition) is 3. The van der Waals surface area contributed by atoms with E-state index < -0.39 is 7.82 Å². The molecule has 0 aromatic heterocycles. The fraction of sp³-hybridized carbons (Fsp3) is 0.600. The number of unbranched alkanes of at least 4 members (excludes halogenated alkanes) is 6. The van der Waals surface area contributed by atoms with Crippen LogP contribution in [0.3, 0.4) is 0 Å². The summed E-state index contributed by atoms with van der Waals surface area (Å²) in [6, 6.07) is 8.55. The van der Waals surface area contributed by atoms with Gasteiger partial charge in [0.15, 0.2) is 0 Å². The molecule has 0 fully saturated rings. The molecule has 0 saturated carbocycles. The van der Waals surface area contributed by atoms with Gasteiger partial charge >= 0.3 is 37.4 Å². The number of benzene rings is 1. The maximum absolute atomic E-state index is 11.7. The first-order valence-corrected chi connectivity index (χ1v) is 8.85. The zero-order valence-corrected chi connectivity index (χ0v) is 16.1. The number of phosphoric acid groups is 1. The molecule has 1 aromatic rings. The Hall–Kier alpha value is 0.170. The summed E-state index contributed by atoms with van der Waals surface area (Å²) in [6.45, 7) is 2.45.